The fourth-order valence-corrected chi connectivity index (χ4v) is 2.65. The fraction of sp³-hybridized carbons (Fsp3) is 0.368. The van der Waals surface area contributed by atoms with Crippen LogP contribution in [-0.2, 0) is 6.61 Å². The summed E-state index contributed by atoms with van der Waals surface area (Å²) in [6.45, 7) is 2.82. The summed E-state index contributed by atoms with van der Waals surface area (Å²) in [5.41, 5.74) is 1.18. The molecule has 2 aromatic rings. The van der Waals surface area contributed by atoms with Gasteiger partial charge in [-0.05, 0) is 49.7 Å². The lowest BCUT2D eigenvalue weighted by molar-refractivity contribution is 0.114. The quantitative estimate of drug-likeness (QED) is 0.839. The molecule has 1 saturated heterocycles. The van der Waals surface area contributed by atoms with Crippen molar-refractivity contribution in [1.82, 2.24) is 4.90 Å². The first-order valence-electron chi connectivity index (χ1n) is 7.91. The van der Waals surface area contributed by atoms with Crippen molar-refractivity contribution in [3.63, 3.8) is 0 Å². The number of piperidine rings is 1. The Bertz CT molecular complexity index is 560. The Hall–Kier alpha value is -2.00. The van der Waals surface area contributed by atoms with E-state index in [1.165, 1.54) is 5.56 Å². The second-order valence-corrected chi connectivity index (χ2v) is 5.87. The second-order valence-electron chi connectivity index (χ2n) is 5.87. The van der Waals surface area contributed by atoms with Crippen LogP contribution in [0.5, 0.6) is 11.5 Å². The lowest BCUT2D eigenvalue weighted by atomic mass is 10.1. The molecule has 22 heavy (non-hydrogen) atoms. The Balaban J connectivity index is 1.50. The number of rotatable bonds is 5. The zero-order valence-electron chi connectivity index (χ0n) is 13.1. The number of hydrogen-bond acceptors (Lipinski definition) is 3. The highest BCUT2D eigenvalue weighted by atomic mass is 16.5. The van der Waals surface area contributed by atoms with Gasteiger partial charge in [0, 0.05) is 13.1 Å². The third kappa shape index (κ3) is 4.25. The normalized spacial score (nSPS) is 16.4. The number of benzene rings is 2. The predicted octanol–water partition coefficient (Wildman–Crippen LogP) is 3.74. The molecule has 1 heterocycles. The summed E-state index contributed by atoms with van der Waals surface area (Å²) in [5.74, 6) is 1.81. The van der Waals surface area contributed by atoms with E-state index in [-0.39, 0.29) is 0 Å². The van der Waals surface area contributed by atoms with Gasteiger partial charge in [-0.1, -0.05) is 30.3 Å². The molecule has 1 fully saturated rings. The highest BCUT2D eigenvalue weighted by Gasteiger charge is 2.17. The molecular formula is C19H23NO2. The van der Waals surface area contributed by atoms with Gasteiger partial charge >= 0.3 is 0 Å². The zero-order valence-corrected chi connectivity index (χ0v) is 13.1. The summed E-state index contributed by atoms with van der Waals surface area (Å²) < 4.78 is 11.8. The van der Waals surface area contributed by atoms with Crippen molar-refractivity contribution in [2.45, 2.75) is 25.6 Å². The van der Waals surface area contributed by atoms with Gasteiger partial charge in [0.15, 0.2) is 0 Å². The summed E-state index contributed by atoms with van der Waals surface area (Å²) >= 11 is 0. The van der Waals surface area contributed by atoms with Crippen LogP contribution in [0.15, 0.2) is 54.6 Å². The molecule has 0 saturated carbocycles. The SMILES string of the molecule is CN1CCC(Oc2ccc(OCc3ccccc3)cc2)CC1. The van der Waals surface area contributed by atoms with Gasteiger partial charge in [0.2, 0.25) is 0 Å². The molecule has 3 rings (SSSR count). The van der Waals surface area contributed by atoms with Crippen molar-refractivity contribution in [2.75, 3.05) is 20.1 Å². The zero-order chi connectivity index (χ0) is 15.2. The molecule has 0 unspecified atom stereocenters. The van der Waals surface area contributed by atoms with E-state index in [4.69, 9.17) is 9.47 Å². The van der Waals surface area contributed by atoms with E-state index in [0.29, 0.717) is 12.7 Å². The maximum atomic E-state index is 6.04. The number of hydrogen-bond donors (Lipinski definition) is 0. The smallest absolute Gasteiger partial charge is 0.120 e. The van der Waals surface area contributed by atoms with Crippen LogP contribution in [0.1, 0.15) is 18.4 Å². The van der Waals surface area contributed by atoms with Crippen molar-refractivity contribution in [1.29, 1.82) is 0 Å². The largest absolute Gasteiger partial charge is 0.490 e. The molecule has 0 amide bonds. The standard InChI is InChI=1S/C19H23NO2/c1-20-13-11-19(12-14-20)22-18-9-7-17(8-10-18)21-15-16-5-3-2-4-6-16/h2-10,19H,11-15H2,1H3. The Morgan fingerprint density at radius 3 is 2.23 bits per heavy atom. The van der Waals surface area contributed by atoms with E-state index in [1.54, 1.807) is 0 Å². The van der Waals surface area contributed by atoms with Gasteiger partial charge in [0.05, 0.1) is 0 Å². The van der Waals surface area contributed by atoms with E-state index in [1.807, 2.05) is 42.5 Å². The van der Waals surface area contributed by atoms with Crippen LogP contribution >= 0.6 is 0 Å². The minimum absolute atomic E-state index is 0.340. The summed E-state index contributed by atoms with van der Waals surface area (Å²) in [4.78, 5) is 2.35. The molecule has 3 nitrogen and oxygen atoms in total. The van der Waals surface area contributed by atoms with Crippen LogP contribution in [0.3, 0.4) is 0 Å². The lowest BCUT2D eigenvalue weighted by Crippen LogP contribution is -2.35. The predicted molar refractivity (Wildman–Crippen MR) is 88.4 cm³/mol. The Morgan fingerprint density at radius 2 is 1.55 bits per heavy atom. The minimum atomic E-state index is 0.340. The van der Waals surface area contributed by atoms with Gasteiger partial charge in [-0.25, -0.2) is 0 Å². The lowest BCUT2D eigenvalue weighted by Gasteiger charge is -2.29. The third-order valence-electron chi connectivity index (χ3n) is 4.04. The van der Waals surface area contributed by atoms with Gasteiger partial charge in [0.1, 0.15) is 24.2 Å². The molecule has 0 aromatic heterocycles. The van der Waals surface area contributed by atoms with E-state index in [2.05, 4.69) is 24.1 Å². The van der Waals surface area contributed by atoms with Gasteiger partial charge in [0.25, 0.3) is 0 Å². The van der Waals surface area contributed by atoms with Gasteiger partial charge in [-0.15, -0.1) is 0 Å². The number of likely N-dealkylation sites (tertiary alicyclic amines) is 1. The van der Waals surface area contributed by atoms with E-state index in [9.17, 15) is 0 Å². The molecule has 1 aliphatic rings. The summed E-state index contributed by atoms with van der Waals surface area (Å²) in [6, 6.07) is 18.2. The minimum Gasteiger partial charge on any atom is -0.490 e. The van der Waals surface area contributed by atoms with Crippen LogP contribution in [-0.4, -0.2) is 31.1 Å². The summed E-state index contributed by atoms with van der Waals surface area (Å²) in [6.07, 6.45) is 2.54. The first-order valence-corrected chi connectivity index (χ1v) is 7.91. The average Bonchev–Trinajstić information content (AvgIpc) is 2.57. The first kappa shape index (κ1) is 14.9. The van der Waals surface area contributed by atoms with Crippen LogP contribution in [0.2, 0.25) is 0 Å². The number of nitrogens with zero attached hydrogens (tertiary/aromatic N) is 1. The van der Waals surface area contributed by atoms with Crippen molar-refractivity contribution in [2.24, 2.45) is 0 Å². The molecule has 0 radical (unpaired) electrons. The second kappa shape index (κ2) is 7.32. The molecular weight excluding hydrogens is 274 g/mol. The average molecular weight is 297 g/mol. The molecule has 0 aliphatic carbocycles. The van der Waals surface area contributed by atoms with Gasteiger partial charge in [-0.3, -0.25) is 0 Å². The van der Waals surface area contributed by atoms with Crippen molar-refractivity contribution in [3.05, 3.63) is 60.2 Å². The molecule has 2 aromatic carbocycles. The van der Waals surface area contributed by atoms with Crippen LogP contribution in [0.4, 0.5) is 0 Å². The highest BCUT2D eigenvalue weighted by molar-refractivity contribution is 5.31. The van der Waals surface area contributed by atoms with Crippen molar-refractivity contribution < 1.29 is 9.47 Å². The molecule has 3 heteroatoms. The monoisotopic (exact) mass is 297 g/mol. The van der Waals surface area contributed by atoms with Gasteiger partial charge < -0.3 is 14.4 Å². The number of ether oxygens (including phenoxy) is 2. The third-order valence-corrected chi connectivity index (χ3v) is 4.04. The molecule has 0 bridgehead atoms. The molecule has 0 spiro atoms. The Kier molecular flexibility index (Phi) is 4.96. The highest BCUT2D eigenvalue weighted by Crippen LogP contribution is 2.22. The van der Waals surface area contributed by atoms with Crippen molar-refractivity contribution in [3.8, 4) is 11.5 Å². The summed E-state index contributed by atoms with van der Waals surface area (Å²) in [5, 5.41) is 0. The van der Waals surface area contributed by atoms with Gasteiger partial charge in [-0.2, -0.15) is 0 Å². The maximum absolute atomic E-state index is 6.04. The van der Waals surface area contributed by atoms with Crippen LogP contribution in [0.25, 0.3) is 0 Å². The first-order chi connectivity index (χ1) is 10.8. The van der Waals surface area contributed by atoms with Crippen LogP contribution in [0, 0.1) is 0 Å². The molecule has 1 aliphatic heterocycles. The Labute approximate surface area is 132 Å². The maximum Gasteiger partial charge on any atom is 0.120 e. The molecule has 0 N–H and O–H groups in total. The topological polar surface area (TPSA) is 21.7 Å². The molecule has 0 atom stereocenters. The van der Waals surface area contributed by atoms with E-state index in [0.717, 1.165) is 37.4 Å². The van der Waals surface area contributed by atoms with E-state index >= 15 is 0 Å². The molecule has 116 valence electrons. The van der Waals surface area contributed by atoms with Crippen molar-refractivity contribution >= 4 is 0 Å². The summed E-state index contributed by atoms with van der Waals surface area (Å²) in [7, 11) is 2.16. The van der Waals surface area contributed by atoms with Crippen LogP contribution < -0.4 is 9.47 Å². The fourth-order valence-electron chi connectivity index (χ4n) is 2.65. The Morgan fingerprint density at radius 1 is 0.909 bits per heavy atom. The van der Waals surface area contributed by atoms with E-state index < -0.39 is 0 Å².